The minimum atomic E-state index is -0.174. The lowest BCUT2D eigenvalue weighted by Crippen LogP contribution is -2.52. The van der Waals surface area contributed by atoms with Crippen molar-refractivity contribution < 1.29 is 23.5 Å². The molecule has 8 rings (SSSR count). The fourth-order valence-electron chi connectivity index (χ4n) is 18.7. The summed E-state index contributed by atoms with van der Waals surface area (Å²) in [5, 5.41) is 0. The molecule has 5 nitrogen and oxygen atoms in total. The Balaban J connectivity index is 0.797. The Morgan fingerprint density at radius 2 is 0.954 bits per heavy atom. The van der Waals surface area contributed by atoms with Gasteiger partial charge in [0.25, 0.3) is 0 Å². The van der Waals surface area contributed by atoms with Crippen molar-refractivity contribution in [3.8, 4) is 0 Å². The first kappa shape index (κ1) is 49.8. The lowest BCUT2D eigenvalue weighted by Gasteiger charge is -2.58. The predicted octanol–water partition coefficient (Wildman–Crippen LogP) is 15.0. The number of nitrogens with zero attached hydrogens (tertiary/aromatic N) is 1. The Hall–Kier alpha value is -1.62. The molecular weight excluding hydrogens is 799 g/mol. The van der Waals surface area contributed by atoms with Crippen LogP contribution in [-0.2, 0) is 19.1 Å². The molecule has 6 saturated carbocycles. The second-order valence-corrected chi connectivity index (χ2v) is 27.5. The number of allylic oxidation sites excluding steroid dienone is 2. The molecular formula is C60H100NO4+. The molecule has 0 aromatic rings. The zero-order chi connectivity index (χ0) is 46.7. The predicted molar refractivity (Wildman–Crippen MR) is 268 cm³/mol. The van der Waals surface area contributed by atoms with Gasteiger partial charge in [-0.05, 0) is 183 Å². The number of fused-ring (bicyclic) bond motifs is 10. The third-order valence-corrected chi connectivity index (χ3v) is 22.2. The first-order valence-electron chi connectivity index (χ1n) is 28.3. The van der Waals surface area contributed by atoms with Crippen molar-refractivity contribution in [2.75, 3.05) is 27.2 Å². The number of hydrogen-bond donors (Lipinski definition) is 0. The smallest absolute Gasteiger partial charge is 0.362 e. The van der Waals surface area contributed by atoms with E-state index in [9.17, 15) is 9.59 Å². The van der Waals surface area contributed by atoms with Gasteiger partial charge >= 0.3 is 11.9 Å². The van der Waals surface area contributed by atoms with Crippen LogP contribution in [0.15, 0.2) is 23.3 Å². The molecule has 0 unspecified atom stereocenters. The Kier molecular flexibility index (Phi) is 14.8. The summed E-state index contributed by atoms with van der Waals surface area (Å²) in [5.41, 5.74) is 4.62. The molecule has 0 heterocycles. The Morgan fingerprint density at radius 3 is 1.34 bits per heavy atom. The number of likely N-dealkylation sites (N-methyl/N-ethyl adjacent to an activating group) is 1. The second-order valence-electron chi connectivity index (χ2n) is 27.5. The summed E-state index contributed by atoms with van der Waals surface area (Å²) >= 11 is 0. The molecule has 0 aliphatic heterocycles. The van der Waals surface area contributed by atoms with Crippen molar-refractivity contribution in [2.45, 2.75) is 223 Å². The van der Waals surface area contributed by atoms with E-state index >= 15 is 0 Å². The van der Waals surface area contributed by atoms with Gasteiger partial charge in [-0.25, -0.2) is 9.59 Å². The summed E-state index contributed by atoms with van der Waals surface area (Å²) in [5.74, 6) is 9.60. The van der Waals surface area contributed by atoms with Crippen LogP contribution in [0.3, 0.4) is 0 Å². The number of esters is 2. The number of ether oxygens (including phenoxy) is 2. The number of hydrogen-bond acceptors (Lipinski definition) is 4. The minimum Gasteiger partial charge on any atom is -0.458 e. The number of rotatable bonds is 16. The largest absolute Gasteiger partial charge is 0.458 e. The van der Waals surface area contributed by atoms with E-state index in [4.69, 9.17) is 9.47 Å². The molecule has 8 aliphatic carbocycles. The zero-order valence-electron chi connectivity index (χ0n) is 44.3. The van der Waals surface area contributed by atoms with E-state index in [1.54, 1.807) is 11.1 Å². The lowest BCUT2D eigenvalue weighted by molar-refractivity contribution is -0.875. The standard InChI is InChI=1S/C60H100NO4/c1-39(2)15-13-17-41(5)49-23-25-51-47-21-19-43-35-45(27-31-57(43,7)53(47)29-33-59(49,51)9)64-55(62)37-61(11,12)38-56(63)65-46-28-32-58(8)44(36-46)20-22-48-52-26-24-50(42(6)18-14-16-40(3)4)60(52,10)34-30-54(48)58/h19-20,39-42,45-54H,13-18,21-38H2,1-12H3/q+1/t41-,42-,45+,46+,47+,48+,49-,50-,51+,52+,53+,54+,57+,58+,59-,60-/m1/s1. The maximum Gasteiger partial charge on any atom is 0.362 e. The van der Waals surface area contributed by atoms with Gasteiger partial charge in [0, 0.05) is 12.8 Å². The van der Waals surface area contributed by atoms with Gasteiger partial charge in [-0.15, -0.1) is 0 Å². The topological polar surface area (TPSA) is 52.6 Å². The summed E-state index contributed by atoms with van der Waals surface area (Å²) < 4.78 is 12.9. The highest BCUT2D eigenvalue weighted by atomic mass is 16.6. The van der Waals surface area contributed by atoms with Crippen molar-refractivity contribution in [3.05, 3.63) is 23.3 Å². The van der Waals surface area contributed by atoms with E-state index in [-0.39, 0.29) is 52.5 Å². The van der Waals surface area contributed by atoms with Crippen LogP contribution < -0.4 is 0 Å². The van der Waals surface area contributed by atoms with E-state index in [0.717, 1.165) is 110 Å². The van der Waals surface area contributed by atoms with E-state index in [1.807, 2.05) is 14.1 Å². The quantitative estimate of drug-likeness (QED) is 0.0880. The maximum absolute atomic E-state index is 13.6. The van der Waals surface area contributed by atoms with Crippen molar-refractivity contribution in [1.29, 1.82) is 0 Å². The van der Waals surface area contributed by atoms with Crippen LogP contribution in [0.1, 0.15) is 210 Å². The van der Waals surface area contributed by atoms with Gasteiger partial charge in [-0.2, -0.15) is 0 Å². The van der Waals surface area contributed by atoms with Crippen molar-refractivity contribution in [1.82, 2.24) is 0 Å². The summed E-state index contributed by atoms with van der Waals surface area (Å²) in [4.78, 5) is 27.2. The third-order valence-electron chi connectivity index (χ3n) is 22.2. The molecule has 0 amide bonds. The second kappa shape index (κ2) is 19.3. The van der Waals surface area contributed by atoms with Gasteiger partial charge in [0.2, 0.25) is 0 Å². The molecule has 0 aromatic heterocycles. The molecule has 16 atom stereocenters. The van der Waals surface area contributed by atoms with Crippen LogP contribution in [0.2, 0.25) is 0 Å². The lowest BCUT2D eigenvalue weighted by atomic mass is 9.47. The van der Waals surface area contributed by atoms with Gasteiger partial charge in [0.15, 0.2) is 13.1 Å². The van der Waals surface area contributed by atoms with Crippen LogP contribution >= 0.6 is 0 Å². The molecule has 6 fully saturated rings. The van der Waals surface area contributed by atoms with Gasteiger partial charge in [-0.1, -0.05) is 131 Å². The van der Waals surface area contributed by atoms with Gasteiger partial charge in [0.05, 0.1) is 14.1 Å². The van der Waals surface area contributed by atoms with E-state index < -0.39 is 0 Å². The number of carbonyl (C=O) groups excluding carboxylic acids is 2. The molecule has 0 saturated heterocycles. The van der Waals surface area contributed by atoms with Crippen molar-refractivity contribution in [2.24, 2.45) is 92.7 Å². The Labute approximate surface area is 399 Å². The summed E-state index contributed by atoms with van der Waals surface area (Å²) in [6.45, 7) is 25.6. The maximum atomic E-state index is 13.6. The Morgan fingerprint density at radius 1 is 0.554 bits per heavy atom. The molecule has 0 aromatic carbocycles. The number of carbonyl (C=O) groups is 2. The summed E-state index contributed by atoms with van der Waals surface area (Å²) in [6, 6.07) is 0. The van der Waals surface area contributed by atoms with Gasteiger partial charge in [0.1, 0.15) is 12.2 Å². The molecule has 65 heavy (non-hydrogen) atoms. The van der Waals surface area contributed by atoms with Crippen LogP contribution in [0.25, 0.3) is 0 Å². The molecule has 368 valence electrons. The van der Waals surface area contributed by atoms with Crippen molar-refractivity contribution in [3.63, 3.8) is 0 Å². The van der Waals surface area contributed by atoms with Gasteiger partial charge < -0.3 is 14.0 Å². The molecule has 0 radical (unpaired) electrons. The third kappa shape index (κ3) is 9.79. The summed E-state index contributed by atoms with van der Waals surface area (Å²) in [7, 11) is 3.97. The highest BCUT2D eigenvalue weighted by Crippen LogP contribution is 2.69. The average molecular weight is 899 g/mol. The fourth-order valence-corrected chi connectivity index (χ4v) is 18.7. The van der Waals surface area contributed by atoms with E-state index in [0.29, 0.717) is 10.8 Å². The highest BCUT2D eigenvalue weighted by molar-refractivity contribution is 5.73. The molecule has 0 spiro atoms. The molecule has 0 bridgehead atoms. The Bertz CT molecular complexity index is 1640. The van der Waals surface area contributed by atoms with E-state index in [2.05, 4.69) is 81.4 Å². The average Bonchev–Trinajstić information content (AvgIpc) is 3.77. The van der Waals surface area contributed by atoms with Crippen LogP contribution in [0.5, 0.6) is 0 Å². The monoisotopic (exact) mass is 899 g/mol. The molecule has 8 aliphatic rings. The molecule has 0 N–H and O–H groups in total. The highest BCUT2D eigenvalue weighted by Gasteiger charge is 2.61. The fraction of sp³-hybridized carbons (Fsp3) is 0.900. The van der Waals surface area contributed by atoms with Crippen molar-refractivity contribution >= 4 is 11.9 Å². The molecule has 5 heteroatoms. The van der Waals surface area contributed by atoms with E-state index in [1.165, 1.54) is 103 Å². The first-order chi connectivity index (χ1) is 30.7. The van der Waals surface area contributed by atoms with Crippen LogP contribution in [0.4, 0.5) is 0 Å². The van der Waals surface area contributed by atoms with Gasteiger partial charge in [-0.3, -0.25) is 0 Å². The van der Waals surface area contributed by atoms with Crippen LogP contribution in [-0.4, -0.2) is 55.8 Å². The zero-order valence-corrected chi connectivity index (χ0v) is 44.3. The first-order valence-corrected chi connectivity index (χ1v) is 28.3. The SMILES string of the molecule is CC(C)CCC[C@@H](C)[C@H]1CC[C@H]2[C@@H]3CC=C4C[C@@H](OC(=O)C[N+](C)(C)CC(=O)O[C@H]5CC[C@@]6(C)C(=CC[C@H]7[C@@H]8CC[C@H]([C@H](C)CCCC(C)C)[C@@]8(C)CC[C@@H]76)C5)CC[C@]4(C)[C@H]3CC[C@]12C. The summed E-state index contributed by atoms with van der Waals surface area (Å²) in [6.07, 6.45) is 33.0. The minimum absolute atomic E-state index is 0.0576. The normalized spacial score (nSPS) is 42.1. The van der Waals surface area contributed by atoms with Crippen LogP contribution in [0, 0.1) is 92.7 Å². The number of quaternary nitrogens is 1.